The van der Waals surface area contributed by atoms with E-state index in [0.29, 0.717) is 11.0 Å². The number of carbonyl (C=O) groups is 1. The average molecular weight is 298 g/mol. The fourth-order valence-electron chi connectivity index (χ4n) is 2.27. The van der Waals surface area contributed by atoms with E-state index in [4.69, 9.17) is 14.9 Å². The summed E-state index contributed by atoms with van der Waals surface area (Å²) in [6.07, 6.45) is 0. The van der Waals surface area contributed by atoms with E-state index >= 15 is 0 Å². The molecule has 0 atom stereocenters. The minimum atomic E-state index is -0.613. The van der Waals surface area contributed by atoms with Gasteiger partial charge in [-0.05, 0) is 37.6 Å². The number of rotatable bonds is 2. The summed E-state index contributed by atoms with van der Waals surface area (Å²) >= 11 is 0. The van der Waals surface area contributed by atoms with Crippen molar-refractivity contribution in [1.29, 1.82) is 0 Å². The van der Waals surface area contributed by atoms with Crippen LogP contribution < -0.4 is 11.2 Å². The number of aromatic nitrogens is 1. The number of hydrogen-bond acceptors (Lipinski definition) is 6. The first-order valence-corrected chi connectivity index (χ1v) is 6.82. The van der Waals surface area contributed by atoms with Crippen LogP contribution in [0.4, 0.5) is 5.82 Å². The average Bonchev–Trinajstić information content (AvgIpc) is 2.46. The summed E-state index contributed by atoms with van der Waals surface area (Å²) in [7, 11) is 0. The van der Waals surface area contributed by atoms with Gasteiger partial charge in [0.2, 0.25) is 11.1 Å². The third-order valence-corrected chi connectivity index (χ3v) is 3.35. The topological polar surface area (TPSA) is 95.4 Å². The van der Waals surface area contributed by atoms with Crippen LogP contribution in [0.5, 0.6) is 0 Å². The number of fused-ring (bicyclic) bond motifs is 2. The number of esters is 1. The van der Waals surface area contributed by atoms with Crippen molar-refractivity contribution in [2.45, 2.75) is 13.8 Å². The highest BCUT2D eigenvalue weighted by Gasteiger charge is 2.17. The summed E-state index contributed by atoms with van der Waals surface area (Å²) in [6, 6.07) is 6.65. The molecule has 2 aromatic heterocycles. The van der Waals surface area contributed by atoms with Gasteiger partial charge in [-0.25, -0.2) is 4.79 Å². The number of pyridine rings is 1. The van der Waals surface area contributed by atoms with Gasteiger partial charge in [0.15, 0.2) is 0 Å². The number of aryl methyl sites for hydroxylation is 1. The number of benzene rings is 1. The number of carbonyl (C=O) groups excluding carboxylic acids is 1. The zero-order valence-corrected chi connectivity index (χ0v) is 12.2. The normalized spacial score (nSPS) is 11.0. The molecule has 0 unspecified atom stereocenters. The Bertz CT molecular complexity index is 960. The van der Waals surface area contributed by atoms with E-state index in [1.807, 2.05) is 13.0 Å². The lowest BCUT2D eigenvalue weighted by Gasteiger charge is -2.07. The van der Waals surface area contributed by atoms with E-state index in [0.717, 1.165) is 5.56 Å². The van der Waals surface area contributed by atoms with E-state index in [1.165, 1.54) is 6.07 Å². The van der Waals surface area contributed by atoms with Gasteiger partial charge in [-0.15, -0.1) is 0 Å². The Morgan fingerprint density at radius 1 is 1.32 bits per heavy atom. The molecule has 0 fully saturated rings. The Labute approximate surface area is 125 Å². The Hall–Kier alpha value is -2.89. The van der Waals surface area contributed by atoms with Gasteiger partial charge in [0.1, 0.15) is 17.0 Å². The SMILES string of the molecule is CCOC(=O)c1cc2c(=O)c3ccc(C)cc3oc2nc1N. The van der Waals surface area contributed by atoms with Gasteiger partial charge < -0.3 is 14.9 Å². The molecule has 0 aliphatic carbocycles. The van der Waals surface area contributed by atoms with E-state index < -0.39 is 5.97 Å². The number of anilines is 1. The van der Waals surface area contributed by atoms with E-state index in [9.17, 15) is 9.59 Å². The van der Waals surface area contributed by atoms with Crippen LogP contribution in [0.3, 0.4) is 0 Å². The molecule has 0 bridgehead atoms. The van der Waals surface area contributed by atoms with Crippen LogP contribution in [-0.2, 0) is 4.74 Å². The van der Waals surface area contributed by atoms with Crippen molar-refractivity contribution < 1.29 is 13.9 Å². The first-order valence-electron chi connectivity index (χ1n) is 6.82. The van der Waals surface area contributed by atoms with Crippen molar-refractivity contribution in [3.05, 3.63) is 45.6 Å². The lowest BCUT2D eigenvalue weighted by atomic mass is 10.1. The number of ether oxygens (including phenoxy) is 1. The molecule has 112 valence electrons. The molecule has 2 heterocycles. The van der Waals surface area contributed by atoms with Gasteiger partial charge >= 0.3 is 5.97 Å². The maximum absolute atomic E-state index is 12.6. The molecular weight excluding hydrogens is 284 g/mol. The lowest BCUT2D eigenvalue weighted by molar-refractivity contribution is 0.0527. The molecule has 0 amide bonds. The molecule has 0 radical (unpaired) electrons. The predicted molar refractivity (Wildman–Crippen MR) is 82.9 cm³/mol. The van der Waals surface area contributed by atoms with Crippen molar-refractivity contribution in [1.82, 2.24) is 4.98 Å². The van der Waals surface area contributed by atoms with Crippen LogP contribution in [0.1, 0.15) is 22.8 Å². The lowest BCUT2D eigenvalue weighted by Crippen LogP contribution is -2.12. The quantitative estimate of drug-likeness (QED) is 0.576. The van der Waals surface area contributed by atoms with Crippen LogP contribution >= 0.6 is 0 Å². The third-order valence-electron chi connectivity index (χ3n) is 3.35. The molecule has 22 heavy (non-hydrogen) atoms. The Balaban J connectivity index is 2.34. The molecule has 0 saturated carbocycles. The second-order valence-electron chi connectivity index (χ2n) is 4.93. The van der Waals surface area contributed by atoms with Crippen LogP contribution in [0.2, 0.25) is 0 Å². The fourth-order valence-corrected chi connectivity index (χ4v) is 2.27. The fraction of sp³-hybridized carbons (Fsp3) is 0.188. The second-order valence-corrected chi connectivity index (χ2v) is 4.93. The summed E-state index contributed by atoms with van der Waals surface area (Å²) in [5.41, 5.74) is 7.08. The number of nitrogens with two attached hydrogens (primary N) is 1. The molecule has 6 heteroatoms. The van der Waals surface area contributed by atoms with Gasteiger partial charge in [-0.2, -0.15) is 4.98 Å². The second kappa shape index (κ2) is 5.14. The maximum atomic E-state index is 12.6. The van der Waals surface area contributed by atoms with Crippen LogP contribution in [-0.4, -0.2) is 17.6 Å². The van der Waals surface area contributed by atoms with Gasteiger partial charge in [0, 0.05) is 0 Å². The highest BCUT2D eigenvalue weighted by Crippen LogP contribution is 2.22. The van der Waals surface area contributed by atoms with Gasteiger partial charge in [0.25, 0.3) is 0 Å². The maximum Gasteiger partial charge on any atom is 0.341 e. The molecule has 3 aromatic rings. The Kier molecular flexibility index (Phi) is 3.29. The van der Waals surface area contributed by atoms with Gasteiger partial charge in [-0.1, -0.05) is 6.07 Å². The van der Waals surface area contributed by atoms with Gasteiger partial charge in [0.05, 0.1) is 17.4 Å². The largest absolute Gasteiger partial charge is 0.462 e. The molecule has 2 N–H and O–H groups in total. The number of hydrogen-bond donors (Lipinski definition) is 1. The summed E-state index contributed by atoms with van der Waals surface area (Å²) in [5.74, 6) is -0.640. The first kappa shape index (κ1) is 14.1. The van der Waals surface area contributed by atoms with Crippen LogP contribution in [0.15, 0.2) is 33.5 Å². The smallest absolute Gasteiger partial charge is 0.341 e. The summed E-state index contributed by atoms with van der Waals surface area (Å²) < 4.78 is 10.5. The number of nitrogen functional groups attached to an aromatic ring is 1. The molecule has 0 aliphatic heterocycles. The van der Waals surface area contributed by atoms with E-state index in [2.05, 4.69) is 4.98 Å². The zero-order valence-electron chi connectivity index (χ0n) is 12.2. The molecule has 0 aliphatic rings. The van der Waals surface area contributed by atoms with E-state index in [-0.39, 0.29) is 34.5 Å². The minimum absolute atomic E-state index is 0.0268. The van der Waals surface area contributed by atoms with Crippen molar-refractivity contribution in [3.63, 3.8) is 0 Å². The standard InChI is InChI=1S/C16H14N2O4/c1-3-21-16(20)11-7-10-13(19)9-5-4-8(2)6-12(9)22-15(10)18-14(11)17/h4-7H,3H2,1-2H3,(H2,17,18). The zero-order chi connectivity index (χ0) is 15.9. The van der Waals surface area contributed by atoms with Crippen molar-refractivity contribution in [3.8, 4) is 0 Å². The molecule has 6 nitrogen and oxygen atoms in total. The van der Waals surface area contributed by atoms with Crippen molar-refractivity contribution in [2.24, 2.45) is 0 Å². The summed E-state index contributed by atoms with van der Waals surface area (Å²) in [6.45, 7) is 3.80. The Morgan fingerprint density at radius 2 is 2.09 bits per heavy atom. The Morgan fingerprint density at radius 3 is 2.82 bits per heavy atom. The van der Waals surface area contributed by atoms with Crippen LogP contribution in [0.25, 0.3) is 22.1 Å². The molecule has 0 spiro atoms. The third kappa shape index (κ3) is 2.18. The van der Waals surface area contributed by atoms with E-state index in [1.54, 1.807) is 19.1 Å². The molecular formula is C16H14N2O4. The van der Waals surface area contributed by atoms with Gasteiger partial charge in [-0.3, -0.25) is 4.79 Å². The number of nitrogens with zero attached hydrogens (tertiary/aromatic N) is 1. The van der Waals surface area contributed by atoms with Crippen molar-refractivity contribution >= 4 is 33.9 Å². The van der Waals surface area contributed by atoms with Crippen LogP contribution in [0, 0.1) is 6.92 Å². The minimum Gasteiger partial charge on any atom is -0.462 e. The summed E-state index contributed by atoms with van der Waals surface area (Å²) in [4.78, 5) is 28.4. The van der Waals surface area contributed by atoms with Crippen molar-refractivity contribution in [2.75, 3.05) is 12.3 Å². The molecule has 1 aromatic carbocycles. The highest BCUT2D eigenvalue weighted by atomic mass is 16.5. The predicted octanol–water partition coefficient (Wildman–Crippen LogP) is 2.41. The molecule has 0 saturated heterocycles. The first-order chi connectivity index (χ1) is 10.5. The highest BCUT2D eigenvalue weighted by molar-refractivity contribution is 5.99. The molecule has 3 rings (SSSR count). The monoisotopic (exact) mass is 298 g/mol. The summed E-state index contributed by atoms with van der Waals surface area (Å²) in [5, 5.41) is 0.632.